The molecule has 1 rings (SSSR count). The lowest BCUT2D eigenvalue weighted by Crippen LogP contribution is -2.64. The summed E-state index contributed by atoms with van der Waals surface area (Å²) in [6.07, 6.45) is 11.9. The highest BCUT2D eigenvalue weighted by Crippen LogP contribution is 2.22. The number of allylic oxidation sites excluding steroid dienone is 2. The molecule has 1 heterocycles. The average Bonchev–Trinajstić information content (AvgIpc) is 2.88. The van der Waals surface area contributed by atoms with E-state index in [-0.39, 0.29) is 0 Å². The van der Waals surface area contributed by atoms with Crippen molar-refractivity contribution in [3.05, 3.63) is 12.2 Å². The molecule has 0 spiro atoms. The molecule has 10 nitrogen and oxygen atoms in total. The third kappa shape index (κ3) is 14.2. The summed E-state index contributed by atoms with van der Waals surface area (Å²) in [6, 6.07) is -1.13. The van der Waals surface area contributed by atoms with Crippen molar-refractivity contribution in [3.8, 4) is 0 Å². The van der Waals surface area contributed by atoms with E-state index in [1.807, 2.05) is 0 Å². The van der Waals surface area contributed by atoms with Gasteiger partial charge >= 0.3 is 0 Å². The Labute approximate surface area is 221 Å². The highest BCUT2D eigenvalue weighted by molar-refractivity contribution is 5.80. The Morgan fingerprint density at radius 2 is 1.54 bits per heavy atom. The average molecular weight is 531 g/mol. The molecular weight excluding hydrogens is 480 g/mol. The third-order valence-electron chi connectivity index (χ3n) is 6.46. The van der Waals surface area contributed by atoms with Crippen molar-refractivity contribution in [1.29, 1.82) is 0 Å². The maximum atomic E-state index is 12.2. The van der Waals surface area contributed by atoms with Crippen LogP contribution >= 0.6 is 0 Å². The topological polar surface area (TPSA) is 158 Å². The summed E-state index contributed by atoms with van der Waals surface area (Å²) in [5.74, 6) is -1.08. The van der Waals surface area contributed by atoms with Crippen LogP contribution in [0.1, 0.15) is 90.9 Å². The Kier molecular flexibility index (Phi) is 18.5. The van der Waals surface area contributed by atoms with Crippen LogP contribution in [0.15, 0.2) is 12.2 Å². The summed E-state index contributed by atoms with van der Waals surface area (Å²) < 4.78 is 10.8. The standard InChI is InChI=1S/C27H50N2O8/c1-3-4-5-6-7-8-9-10-11-12-13-14-15-16-17-28-26(35)21(32)19-36-27-23(29-20(2)31)25(34)24(33)22(18-30)37-27/h8-9,21-25,27,30,32-34H,3-7,10-19H2,1-2H3,(H,28,35)(H,29,31). The van der Waals surface area contributed by atoms with Crippen molar-refractivity contribution in [2.24, 2.45) is 0 Å². The molecule has 1 saturated heterocycles. The zero-order chi connectivity index (χ0) is 27.5. The summed E-state index contributed by atoms with van der Waals surface area (Å²) in [7, 11) is 0. The predicted molar refractivity (Wildman–Crippen MR) is 141 cm³/mol. The number of aliphatic hydroxyl groups is 4. The van der Waals surface area contributed by atoms with Gasteiger partial charge in [-0.1, -0.05) is 64.0 Å². The molecule has 0 aromatic rings. The molecule has 0 saturated carbocycles. The summed E-state index contributed by atoms with van der Waals surface area (Å²) in [6.45, 7) is 2.88. The van der Waals surface area contributed by atoms with Gasteiger partial charge in [0.15, 0.2) is 12.4 Å². The first-order chi connectivity index (χ1) is 17.8. The molecule has 6 atom stereocenters. The van der Waals surface area contributed by atoms with Gasteiger partial charge in [0.1, 0.15) is 24.4 Å². The number of ether oxygens (including phenoxy) is 2. The number of nitrogens with one attached hydrogen (secondary N) is 2. The van der Waals surface area contributed by atoms with Crippen LogP contribution in [-0.4, -0.2) is 88.7 Å². The maximum absolute atomic E-state index is 12.2. The third-order valence-corrected chi connectivity index (χ3v) is 6.46. The summed E-state index contributed by atoms with van der Waals surface area (Å²) in [5, 5.41) is 44.8. The van der Waals surface area contributed by atoms with E-state index in [4.69, 9.17) is 9.47 Å². The molecule has 1 fully saturated rings. The van der Waals surface area contributed by atoms with E-state index in [0.29, 0.717) is 6.54 Å². The van der Waals surface area contributed by atoms with Gasteiger partial charge in [-0.25, -0.2) is 0 Å². The van der Waals surface area contributed by atoms with Crippen molar-refractivity contribution in [1.82, 2.24) is 10.6 Å². The Balaban J connectivity index is 2.16. The molecule has 0 radical (unpaired) electrons. The SMILES string of the molecule is CCCCCCC=CCCCCCCCCNC(=O)C(O)COC1OC(CO)C(O)C(O)C1NC(C)=O. The second-order valence-electron chi connectivity index (χ2n) is 9.80. The molecule has 0 aromatic carbocycles. The molecule has 0 bridgehead atoms. The molecule has 1 aliphatic heterocycles. The van der Waals surface area contributed by atoms with Crippen molar-refractivity contribution >= 4 is 11.8 Å². The molecule has 0 aliphatic carbocycles. The van der Waals surface area contributed by atoms with Gasteiger partial charge in [0.05, 0.1) is 13.2 Å². The second-order valence-corrected chi connectivity index (χ2v) is 9.80. The van der Waals surface area contributed by atoms with Gasteiger partial charge in [-0.2, -0.15) is 0 Å². The van der Waals surface area contributed by atoms with Crippen molar-refractivity contribution in [3.63, 3.8) is 0 Å². The van der Waals surface area contributed by atoms with Crippen LogP contribution in [0.5, 0.6) is 0 Å². The van der Waals surface area contributed by atoms with E-state index in [9.17, 15) is 30.0 Å². The molecule has 10 heteroatoms. The number of rotatable bonds is 20. The molecule has 6 N–H and O–H groups in total. The number of hydrogen-bond acceptors (Lipinski definition) is 8. The minimum atomic E-state index is -1.47. The highest BCUT2D eigenvalue weighted by atomic mass is 16.7. The molecule has 1 aliphatic rings. The van der Waals surface area contributed by atoms with E-state index < -0.39 is 61.8 Å². The monoisotopic (exact) mass is 530 g/mol. The van der Waals surface area contributed by atoms with E-state index >= 15 is 0 Å². The highest BCUT2D eigenvalue weighted by Gasteiger charge is 2.45. The summed E-state index contributed by atoms with van der Waals surface area (Å²) in [5.41, 5.74) is 0. The van der Waals surface area contributed by atoms with Gasteiger partial charge in [0.2, 0.25) is 5.91 Å². The number of carbonyl (C=O) groups excluding carboxylic acids is 2. The fraction of sp³-hybridized carbons (Fsp3) is 0.852. The summed E-state index contributed by atoms with van der Waals surface area (Å²) in [4.78, 5) is 23.6. The lowest BCUT2D eigenvalue weighted by atomic mass is 9.97. The maximum Gasteiger partial charge on any atom is 0.251 e. The first-order valence-electron chi connectivity index (χ1n) is 13.9. The van der Waals surface area contributed by atoms with Crippen LogP contribution in [0, 0.1) is 0 Å². The van der Waals surface area contributed by atoms with E-state index in [0.717, 1.165) is 25.7 Å². The van der Waals surface area contributed by atoms with Crippen molar-refractivity contribution in [2.45, 2.75) is 128 Å². The molecule has 0 aromatic heterocycles. The largest absolute Gasteiger partial charge is 0.394 e. The Bertz CT molecular complexity index is 648. The first-order valence-corrected chi connectivity index (χ1v) is 13.9. The first kappa shape index (κ1) is 33.5. The van der Waals surface area contributed by atoms with Gasteiger partial charge in [-0.05, 0) is 32.1 Å². The van der Waals surface area contributed by atoms with E-state index in [2.05, 4.69) is 29.7 Å². The smallest absolute Gasteiger partial charge is 0.251 e. The number of aliphatic hydroxyl groups excluding tert-OH is 4. The van der Waals surface area contributed by atoms with Gasteiger partial charge in [0, 0.05) is 13.5 Å². The minimum absolute atomic E-state index is 0.444. The van der Waals surface area contributed by atoms with Crippen LogP contribution in [0.4, 0.5) is 0 Å². The molecular formula is C27H50N2O8. The number of carbonyl (C=O) groups is 2. The van der Waals surface area contributed by atoms with Crippen LogP contribution < -0.4 is 10.6 Å². The van der Waals surface area contributed by atoms with Crippen LogP contribution in [-0.2, 0) is 19.1 Å². The molecule has 2 amide bonds. The second kappa shape index (κ2) is 20.4. The molecule has 216 valence electrons. The number of hydrogen-bond donors (Lipinski definition) is 6. The Morgan fingerprint density at radius 1 is 0.946 bits per heavy atom. The van der Waals surface area contributed by atoms with Gasteiger partial charge in [-0.15, -0.1) is 0 Å². The lowest BCUT2D eigenvalue weighted by molar-refractivity contribution is -0.273. The zero-order valence-electron chi connectivity index (χ0n) is 22.6. The van der Waals surface area contributed by atoms with Gasteiger partial charge < -0.3 is 40.5 Å². The fourth-order valence-electron chi connectivity index (χ4n) is 4.22. The van der Waals surface area contributed by atoms with Crippen LogP contribution in [0.3, 0.4) is 0 Å². The normalized spacial score (nSPS) is 24.8. The predicted octanol–water partition coefficient (Wildman–Crippen LogP) is 1.68. The van der Waals surface area contributed by atoms with Gasteiger partial charge in [0.25, 0.3) is 5.91 Å². The Morgan fingerprint density at radius 3 is 2.14 bits per heavy atom. The van der Waals surface area contributed by atoms with Crippen LogP contribution in [0.2, 0.25) is 0 Å². The van der Waals surface area contributed by atoms with Crippen molar-refractivity contribution < 1.29 is 39.5 Å². The van der Waals surface area contributed by atoms with Crippen LogP contribution in [0.25, 0.3) is 0 Å². The van der Waals surface area contributed by atoms with E-state index in [1.54, 1.807) is 0 Å². The summed E-state index contributed by atoms with van der Waals surface area (Å²) >= 11 is 0. The molecule has 6 unspecified atom stereocenters. The fourth-order valence-corrected chi connectivity index (χ4v) is 4.22. The Hall–Kier alpha value is -1.56. The van der Waals surface area contributed by atoms with E-state index in [1.165, 1.54) is 58.3 Å². The zero-order valence-corrected chi connectivity index (χ0v) is 22.6. The quantitative estimate of drug-likeness (QED) is 0.103. The minimum Gasteiger partial charge on any atom is -0.394 e. The molecule has 37 heavy (non-hydrogen) atoms. The van der Waals surface area contributed by atoms with Gasteiger partial charge in [-0.3, -0.25) is 9.59 Å². The lowest BCUT2D eigenvalue weighted by Gasteiger charge is -2.42. The number of amides is 2. The van der Waals surface area contributed by atoms with Crippen molar-refractivity contribution in [2.75, 3.05) is 19.8 Å². The number of unbranched alkanes of at least 4 members (excludes halogenated alkanes) is 10.